The highest BCUT2D eigenvalue weighted by Gasteiger charge is 2.40. The van der Waals surface area contributed by atoms with Crippen LogP contribution in [0.5, 0.6) is 0 Å². The van der Waals surface area contributed by atoms with E-state index in [0.29, 0.717) is 42.0 Å². The highest BCUT2D eigenvalue weighted by Crippen LogP contribution is 2.39. The van der Waals surface area contributed by atoms with Crippen LogP contribution < -0.4 is 4.90 Å². The van der Waals surface area contributed by atoms with Crippen molar-refractivity contribution in [2.45, 2.75) is 69.8 Å². The van der Waals surface area contributed by atoms with Crippen molar-refractivity contribution in [2.75, 3.05) is 4.90 Å². The van der Waals surface area contributed by atoms with Crippen LogP contribution in [0.1, 0.15) is 53.6 Å². The number of pyridine rings is 1. The average Bonchev–Trinajstić information content (AvgIpc) is 3.76. The number of hydrogen-bond acceptors (Lipinski definition) is 6. The first-order valence-corrected chi connectivity index (χ1v) is 12.0. The maximum atomic E-state index is 14.2. The van der Waals surface area contributed by atoms with E-state index in [9.17, 15) is 30.7 Å². The molecule has 0 radical (unpaired) electrons. The Kier molecular flexibility index (Phi) is 6.78. The Labute approximate surface area is 213 Å². The summed E-state index contributed by atoms with van der Waals surface area (Å²) in [6, 6.07) is 4.93. The molecule has 14 heteroatoms. The van der Waals surface area contributed by atoms with Crippen LogP contribution in [0.3, 0.4) is 0 Å². The molecule has 2 saturated carbocycles. The van der Waals surface area contributed by atoms with Crippen LogP contribution in [-0.4, -0.2) is 42.2 Å². The fraction of sp³-hybridized carbons (Fsp3) is 0.500. The van der Waals surface area contributed by atoms with Gasteiger partial charge in [0.15, 0.2) is 0 Å². The van der Waals surface area contributed by atoms with Crippen molar-refractivity contribution >= 4 is 5.95 Å². The number of nitrogens with zero attached hydrogens (tertiary/aromatic N) is 7. The van der Waals surface area contributed by atoms with E-state index in [1.54, 1.807) is 0 Å². The van der Waals surface area contributed by atoms with E-state index in [0.717, 1.165) is 30.5 Å². The smallest absolute Gasteiger partial charge is 0.329 e. The molecule has 0 atom stereocenters. The molecule has 2 heterocycles. The Morgan fingerprint density at radius 1 is 0.868 bits per heavy atom. The van der Waals surface area contributed by atoms with Gasteiger partial charge in [0.25, 0.3) is 5.95 Å². The highest BCUT2D eigenvalue weighted by molar-refractivity contribution is 5.38. The SMILES string of the molecule is Cn1nnc(N(Cc2cc(C(F)(F)F)cc(C(F)(F)F)c2)Cc2ccc(F)nc2CN(C2CC2)C2CC2)n1. The van der Waals surface area contributed by atoms with Crippen molar-refractivity contribution in [1.29, 1.82) is 0 Å². The summed E-state index contributed by atoms with van der Waals surface area (Å²) < 4.78 is 94.8. The van der Waals surface area contributed by atoms with Crippen LogP contribution >= 0.6 is 0 Å². The van der Waals surface area contributed by atoms with Crippen LogP contribution in [0.15, 0.2) is 30.3 Å². The molecule has 38 heavy (non-hydrogen) atoms. The number of halogens is 7. The molecule has 2 aliphatic rings. The largest absolute Gasteiger partial charge is 0.416 e. The third-order valence-electron chi connectivity index (χ3n) is 6.56. The number of benzene rings is 1. The Bertz CT molecular complexity index is 1250. The number of rotatable bonds is 9. The summed E-state index contributed by atoms with van der Waals surface area (Å²) in [5.41, 5.74) is -2.05. The number of alkyl halides is 6. The first-order chi connectivity index (χ1) is 17.9. The summed E-state index contributed by atoms with van der Waals surface area (Å²) >= 11 is 0. The highest BCUT2D eigenvalue weighted by atomic mass is 19.4. The third-order valence-corrected chi connectivity index (χ3v) is 6.56. The van der Waals surface area contributed by atoms with Crippen molar-refractivity contribution in [3.8, 4) is 0 Å². The molecule has 0 unspecified atom stereocenters. The van der Waals surface area contributed by atoms with E-state index < -0.39 is 29.4 Å². The van der Waals surface area contributed by atoms with Crippen LogP contribution in [0.4, 0.5) is 36.7 Å². The molecule has 0 amide bonds. The topological polar surface area (TPSA) is 63.0 Å². The Balaban J connectivity index is 1.49. The Morgan fingerprint density at radius 3 is 1.97 bits per heavy atom. The summed E-state index contributed by atoms with van der Waals surface area (Å²) in [4.78, 5) is 8.91. The number of hydrogen-bond donors (Lipinski definition) is 0. The molecule has 2 aliphatic carbocycles. The second-order valence-corrected chi connectivity index (χ2v) is 9.72. The number of aromatic nitrogens is 5. The fourth-order valence-electron chi connectivity index (χ4n) is 4.46. The van der Waals surface area contributed by atoms with Crippen LogP contribution in [0.25, 0.3) is 0 Å². The molecule has 7 nitrogen and oxygen atoms in total. The minimum Gasteiger partial charge on any atom is -0.329 e. The van der Waals surface area contributed by atoms with E-state index in [-0.39, 0.29) is 30.7 Å². The molecule has 2 fully saturated rings. The normalized spacial score (nSPS) is 16.3. The van der Waals surface area contributed by atoms with Crippen molar-refractivity contribution in [3.63, 3.8) is 0 Å². The van der Waals surface area contributed by atoms with Gasteiger partial charge in [0.05, 0.1) is 23.9 Å². The minimum atomic E-state index is -4.98. The van der Waals surface area contributed by atoms with Gasteiger partial charge >= 0.3 is 12.4 Å². The molecule has 204 valence electrons. The van der Waals surface area contributed by atoms with Gasteiger partial charge in [0, 0.05) is 31.7 Å². The molecular weight excluding hydrogens is 519 g/mol. The molecule has 3 aromatic rings. The summed E-state index contributed by atoms with van der Waals surface area (Å²) in [5, 5.41) is 11.8. The first-order valence-electron chi connectivity index (χ1n) is 12.0. The van der Waals surface area contributed by atoms with Crippen LogP contribution in [0, 0.1) is 5.95 Å². The second-order valence-electron chi connectivity index (χ2n) is 9.72. The molecule has 0 N–H and O–H groups in total. The molecule has 0 bridgehead atoms. The van der Waals surface area contributed by atoms with Crippen LogP contribution in [-0.2, 0) is 39.0 Å². The van der Waals surface area contributed by atoms with Gasteiger partial charge in [-0.3, -0.25) is 4.90 Å². The van der Waals surface area contributed by atoms with Crippen molar-refractivity contribution in [3.05, 3.63) is 64.2 Å². The van der Waals surface area contributed by atoms with Crippen molar-refractivity contribution < 1.29 is 30.7 Å². The van der Waals surface area contributed by atoms with Gasteiger partial charge in [-0.2, -0.15) is 35.5 Å². The molecule has 0 spiro atoms. The van der Waals surface area contributed by atoms with Gasteiger partial charge in [-0.1, -0.05) is 11.2 Å². The average molecular weight is 543 g/mol. The molecule has 0 aliphatic heterocycles. The number of anilines is 1. The van der Waals surface area contributed by atoms with E-state index in [4.69, 9.17) is 0 Å². The maximum Gasteiger partial charge on any atom is 0.416 e. The summed E-state index contributed by atoms with van der Waals surface area (Å²) in [5.74, 6) is -0.679. The first kappa shape index (κ1) is 26.3. The molecule has 2 aromatic heterocycles. The molecule has 1 aromatic carbocycles. The lowest BCUT2D eigenvalue weighted by molar-refractivity contribution is -0.143. The fourth-order valence-corrected chi connectivity index (χ4v) is 4.46. The lowest BCUT2D eigenvalue weighted by Gasteiger charge is -2.26. The summed E-state index contributed by atoms with van der Waals surface area (Å²) in [6.07, 6.45) is -5.76. The van der Waals surface area contributed by atoms with E-state index in [1.165, 1.54) is 24.1 Å². The van der Waals surface area contributed by atoms with E-state index >= 15 is 0 Å². The third kappa shape index (κ3) is 6.22. The van der Waals surface area contributed by atoms with Gasteiger partial charge in [0.1, 0.15) is 0 Å². The second kappa shape index (κ2) is 9.79. The Morgan fingerprint density at radius 2 is 1.47 bits per heavy atom. The van der Waals surface area contributed by atoms with Crippen molar-refractivity contribution in [1.82, 2.24) is 30.1 Å². The van der Waals surface area contributed by atoms with Gasteiger partial charge in [-0.05, 0) is 66.3 Å². The molecule has 0 saturated heterocycles. The van der Waals surface area contributed by atoms with Crippen LogP contribution in [0.2, 0.25) is 0 Å². The maximum absolute atomic E-state index is 14.2. The molecule has 5 rings (SSSR count). The van der Waals surface area contributed by atoms with Gasteiger partial charge in [-0.25, -0.2) is 4.98 Å². The zero-order valence-corrected chi connectivity index (χ0v) is 20.3. The van der Waals surface area contributed by atoms with E-state index in [1.807, 2.05) is 0 Å². The van der Waals surface area contributed by atoms with Crippen molar-refractivity contribution in [2.24, 2.45) is 7.05 Å². The predicted molar refractivity (Wildman–Crippen MR) is 121 cm³/mol. The lowest BCUT2D eigenvalue weighted by atomic mass is 10.0. The summed E-state index contributed by atoms with van der Waals surface area (Å²) in [6.45, 7) is -0.0223. The lowest BCUT2D eigenvalue weighted by Crippen LogP contribution is -2.30. The standard InChI is InChI=1S/C24H24F7N7/c1-36-34-22(33-35-36)37(11-14-8-16(23(26,27)28)10-17(9-14)24(29,30)31)12-15-2-7-21(25)32-20(15)13-38(18-3-4-18)19-5-6-19/h2,7-10,18-19H,3-6,11-13H2,1H3. The monoisotopic (exact) mass is 543 g/mol. The van der Waals surface area contributed by atoms with Gasteiger partial charge in [-0.15, -0.1) is 5.10 Å². The van der Waals surface area contributed by atoms with E-state index in [2.05, 4.69) is 25.3 Å². The quantitative estimate of drug-likeness (QED) is 0.276. The minimum absolute atomic E-state index is 0.00464. The number of tetrazole rings is 1. The zero-order chi connectivity index (χ0) is 27.2. The van der Waals surface area contributed by atoms with Gasteiger partial charge < -0.3 is 4.90 Å². The zero-order valence-electron chi connectivity index (χ0n) is 20.3. The molecular formula is C24H24F7N7. The predicted octanol–water partition coefficient (Wildman–Crippen LogP) is 5.12. The number of aryl methyl sites for hydroxylation is 1. The Hall–Kier alpha value is -3.29. The van der Waals surface area contributed by atoms with Gasteiger partial charge in [0.2, 0.25) is 5.95 Å². The summed E-state index contributed by atoms with van der Waals surface area (Å²) in [7, 11) is 1.48.